The van der Waals surface area contributed by atoms with Gasteiger partial charge in [-0.15, -0.1) is 0 Å². The Kier molecular flexibility index (Phi) is 1.26. The molecule has 0 saturated carbocycles. The van der Waals surface area contributed by atoms with E-state index in [1.807, 2.05) is 13.8 Å². The quantitative estimate of drug-likeness (QED) is 0.607. The van der Waals surface area contributed by atoms with E-state index in [1.165, 1.54) is 0 Å². The predicted octanol–water partition coefficient (Wildman–Crippen LogP) is 3.30. The molecule has 58 valence electrons. The van der Waals surface area contributed by atoms with Gasteiger partial charge in [-0.25, -0.2) is 0 Å². The average Bonchev–Trinajstić information content (AvgIpc) is 2.43. The van der Waals surface area contributed by atoms with Crippen molar-refractivity contribution >= 4 is 22.8 Å². The fraction of sp³-hybridized carbons (Fsp3) is 0.250. The van der Waals surface area contributed by atoms with Crippen LogP contribution in [-0.4, -0.2) is 0 Å². The lowest BCUT2D eigenvalue weighted by Crippen LogP contribution is -1.60. The van der Waals surface area contributed by atoms with E-state index in [4.69, 9.17) is 20.4 Å². The van der Waals surface area contributed by atoms with Crippen LogP contribution in [0.25, 0.3) is 11.2 Å². The maximum Gasteiger partial charge on any atom is 0.200 e. The second kappa shape index (κ2) is 2.05. The van der Waals surface area contributed by atoms with Gasteiger partial charge >= 0.3 is 0 Å². The number of hydrogen-bond acceptors (Lipinski definition) is 2. The third-order valence-electron chi connectivity index (χ3n) is 1.75. The Balaban J connectivity index is 2.93. The van der Waals surface area contributed by atoms with Crippen molar-refractivity contribution in [2.24, 2.45) is 0 Å². The fourth-order valence-electron chi connectivity index (χ4n) is 1.07. The third kappa shape index (κ3) is 0.792. The average molecular weight is 171 g/mol. The monoisotopic (exact) mass is 170 g/mol. The van der Waals surface area contributed by atoms with Crippen LogP contribution in [0.4, 0.5) is 0 Å². The largest absolute Gasteiger partial charge is 0.460 e. The van der Waals surface area contributed by atoms with Gasteiger partial charge in [0.1, 0.15) is 0 Å². The van der Waals surface area contributed by atoms with Crippen molar-refractivity contribution in [1.29, 1.82) is 0 Å². The Morgan fingerprint density at radius 2 is 2.00 bits per heavy atom. The second-order valence-electron chi connectivity index (χ2n) is 2.58. The summed E-state index contributed by atoms with van der Waals surface area (Å²) in [7, 11) is 0. The number of halogens is 1. The summed E-state index contributed by atoms with van der Waals surface area (Å²) >= 11 is 5.74. The standard InChI is InChI=1S/C8H7ClO2/c1-4-3-10-7-5(2)8(9)11-6(4)7/h3H,1-2H3. The minimum absolute atomic E-state index is 0.419. The zero-order chi connectivity index (χ0) is 8.01. The van der Waals surface area contributed by atoms with Gasteiger partial charge in [0.05, 0.1) is 11.8 Å². The zero-order valence-corrected chi connectivity index (χ0v) is 7.03. The van der Waals surface area contributed by atoms with Crippen LogP contribution in [-0.2, 0) is 0 Å². The Hall–Kier alpha value is -0.890. The Labute approximate surface area is 68.7 Å². The summed E-state index contributed by atoms with van der Waals surface area (Å²) in [6.45, 7) is 3.79. The maximum absolute atomic E-state index is 5.74. The van der Waals surface area contributed by atoms with Gasteiger partial charge in [-0.3, -0.25) is 0 Å². The van der Waals surface area contributed by atoms with Gasteiger partial charge in [0.15, 0.2) is 11.2 Å². The summed E-state index contributed by atoms with van der Waals surface area (Å²) in [5.74, 6) is 0. The SMILES string of the molecule is Cc1coc2c(C)c(Cl)oc12. The molecule has 0 aliphatic carbocycles. The summed E-state index contributed by atoms with van der Waals surface area (Å²) in [4.78, 5) is 0. The van der Waals surface area contributed by atoms with E-state index < -0.39 is 0 Å². The molecule has 0 spiro atoms. The molecule has 0 aliphatic rings. The predicted molar refractivity (Wildman–Crippen MR) is 43.0 cm³/mol. The Morgan fingerprint density at radius 3 is 2.64 bits per heavy atom. The smallest absolute Gasteiger partial charge is 0.200 e. The van der Waals surface area contributed by atoms with Crippen molar-refractivity contribution in [2.75, 3.05) is 0 Å². The van der Waals surface area contributed by atoms with E-state index in [-0.39, 0.29) is 0 Å². The number of fused-ring (bicyclic) bond motifs is 1. The van der Waals surface area contributed by atoms with Gasteiger partial charge in [0.25, 0.3) is 0 Å². The molecule has 0 aromatic carbocycles. The molecule has 0 N–H and O–H groups in total. The molecule has 0 radical (unpaired) electrons. The highest BCUT2D eigenvalue weighted by Gasteiger charge is 2.13. The molecule has 3 heteroatoms. The van der Waals surface area contributed by atoms with E-state index in [1.54, 1.807) is 6.26 Å². The molecule has 0 atom stereocenters. The van der Waals surface area contributed by atoms with E-state index in [0.717, 1.165) is 22.3 Å². The molecule has 2 aromatic heterocycles. The second-order valence-corrected chi connectivity index (χ2v) is 2.92. The molecule has 2 rings (SSSR count). The van der Waals surface area contributed by atoms with Crippen LogP contribution in [0.5, 0.6) is 0 Å². The van der Waals surface area contributed by atoms with Gasteiger partial charge in [-0.1, -0.05) is 0 Å². The van der Waals surface area contributed by atoms with Gasteiger partial charge in [-0.05, 0) is 25.4 Å². The molecule has 0 amide bonds. The van der Waals surface area contributed by atoms with Gasteiger partial charge in [-0.2, -0.15) is 0 Å². The lowest BCUT2D eigenvalue weighted by atomic mass is 10.3. The fourth-order valence-corrected chi connectivity index (χ4v) is 1.24. The summed E-state index contributed by atoms with van der Waals surface area (Å²) in [6, 6.07) is 0. The molecular formula is C8H7ClO2. The number of rotatable bonds is 0. The lowest BCUT2D eigenvalue weighted by Gasteiger charge is -1.80. The van der Waals surface area contributed by atoms with Crippen LogP contribution >= 0.6 is 11.6 Å². The van der Waals surface area contributed by atoms with Crippen LogP contribution in [0.15, 0.2) is 15.1 Å². The number of furan rings is 2. The zero-order valence-electron chi connectivity index (χ0n) is 6.27. The first-order chi connectivity index (χ1) is 5.20. The molecular weight excluding hydrogens is 164 g/mol. The minimum Gasteiger partial charge on any atom is -0.460 e. The highest BCUT2D eigenvalue weighted by atomic mass is 35.5. The van der Waals surface area contributed by atoms with E-state index >= 15 is 0 Å². The van der Waals surface area contributed by atoms with E-state index in [2.05, 4.69) is 0 Å². The minimum atomic E-state index is 0.419. The van der Waals surface area contributed by atoms with Crippen LogP contribution in [0.2, 0.25) is 5.22 Å². The number of hydrogen-bond donors (Lipinski definition) is 0. The summed E-state index contributed by atoms with van der Waals surface area (Å²) in [5, 5.41) is 0.419. The highest BCUT2D eigenvalue weighted by Crippen LogP contribution is 2.31. The van der Waals surface area contributed by atoms with Crippen molar-refractivity contribution < 1.29 is 8.83 Å². The lowest BCUT2D eigenvalue weighted by molar-refractivity contribution is 0.609. The van der Waals surface area contributed by atoms with Crippen molar-refractivity contribution in [2.45, 2.75) is 13.8 Å². The molecule has 11 heavy (non-hydrogen) atoms. The van der Waals surface area contributed by atoms with Crippen LogP contribution < -0.4 is 0 Å². The van der Waals surface area contributed by atoms with E-state index in [9.17, 15) is 0 Å². The molecule has 2 nitrogen and oxygen atoms in total. The first kappa shape index (κ1) is 6.80. The van der Waals surface area contributed by atoms with Crippen LogP contribution in [0.3, 0.4) is 0 Å². The molecule has 2 heterocycles. The van der Waals surface area contributed by atoms with E-state index in [0.29, 0.717) is 5.22 Å². The highest BCUT2D eigenvalue weighted by molar-refractivity contribution is 6.30. The summed E-state index contributed by atoms with van der Waals surface area (Å²) < 4.78 is 10.5. The topological polar surface area (TPSA) is 26.3 Å². The Morgan fingerprint density at radius 1 is 1.27 bits per heavy atom. The van der Waals surface area contributed by atoms with Crippen molar-refractivity contribution in [3.63, 3.8) is 0 Å². The first-order valence-corrected chi connectivity index (χ1v) is 3.70. The Bertz CT molecular complexity index is 397. The van der Waals surface area contributed by atoms with Crippen molar-refractivity contribution in [3.05, 3.63) is 22.6 Å². The van der Waals surface area contributed by atoms with Crippen LogP contribution in [0.1, 0.15) is 11.1 Å². The molecule has 0 unspecified atom stereocenters. The van der Waals surface area contributed by atoms with Gasteiger partial charge < -0.3 is 8.83 Å². The summed E-state index contributed by atoms with van der Waals surface area (Å²) in [5.41, 5.74) is 3.37. The molecule has 0 fully saturated rings. The van der Waals surface area contributed by atoms with Gasteiger partial charge in [0, 0.05) is 5.56 Å². The summed E-state index contributed by atoms with van der Waals surface area (Å²) in [6.07, 6.45) is 1.66. The van der Waals surface area contributed by atoms with Crippen molar-refractivity contribution in [1.82, 2.24) is 0 Å². The van der Waals surface area contributed by atoms with Crippen molar-refractivity contribution in [3.8, 4) is 0 Å². The normalized spacial score (nSPS) is 11.2. The number of aryl methyl sites for hydroxylation is 2. The molecule has 0 aliphatic heterocycles. The third-order valence-corrected chi connectivity index (χ3v) is 2.11. The molecule has 2 aromatic rings. The maximum atomic E-state index is 5.74. The molecule has 0 bridgehead atoms. The molecule has 0 saturated heterocycles. The first-order valence-electron chi connectivity index (χ1n) is 3.33. The van der Waals surface area contributed by atoms with Gasteiger partial charge in [0.2, 0.25) is 5.22 Å². The van der Waals surface area contributed by atoms with Crippen LogP contribution in [0, 0.1) is 13.8 Å².